The van der Waals surface area contributed by atoms with Crippen LogP contribution in [-0.2, 0) is 14.8 Å². The van der Waals surface area contributed by atoms with Crippen molar-refractivity contribution in [1.29, 1.82) is 0 Å². The van der Waals surface area contributed by atoms with Gasteiger partial charge < -0.3 is 5.32 Å². The number of carbonyl (C=O) groups is 1. The molecular formula is C16H23ClN2O3S. The molecule has 0 radical (unpaired) electrons. The molecule has 5 nitrogen and oxygen atoms in total. The molecule has 0 unspecified atom stereocenters. The fraction of sp³-hybridized carbons (Fsp3) is 0.562. The van der Waals surface area contributed by atoms with E-state index in [0.717, 1.165) is 19.3 Å². The average Bonchev–Trinajstić information content (AvgIpc) is 2.52. The molecule has 1 aromatic rings. The summed E-state index contributed by atoms with van der Waals surface area (Å²) in [5.41, 5.74) is 0.656. The highest BCUT2D eigenvalue weighted by atomic mass is 35.5. The number of amides is 1. The molecule has 128 valence electrons. The third-order valence-corrected chi connectivity index (χ3v) is 6.06. The zero-order valence-corrected chi connectivity index (χ0v) is 14.7. The van der Waals surface area contributed by atoms with Gasteiger partial charge in [0.05, 0.1) is 5.75 Å². The van der Waals surface area contributed by atoms with Gasteiger partial charge in [0, 0.05) is 30.2 Å². The topological polar surface area (TPSA) is 66.5 Å². The van der Waals surface area contributed by atoms with Gasteiger partial charge in [-0.1, -0.05) is 24.1 Å². The van der Waals surface area contributed by atoms with Crippen LogP contribution in [0.15, 0.2) is 24.3 Å². The molecule has 1 aliphatic heterocycles. The number of anilines is 1. The molecule has 0 atom stereocenters. The number of rotatable bonds is 7. The lowest BCUT2D eigenvalue weighted by molar-refractivity contribution is -0.116. The number of benzene rings is 1. The van der Waals surface area contributed by atoms with E-state index in [9.17, 15) is 13.2 Å². The first-order valence-electron chi connectivity index (χ1n) is 8.01. The van der Waals surface area contributed by atoms with E-state index in [0.29, 0.717) is 43.1 Å². The zero-order chi connectivity index (χ0) is 16.7. The Morgan fingerprint density at radius 1 is 1.17 bits per heavy atom. The Hall–Kier alpha value is -1.11. The molecule has 7 heteroatoms. The van der Waals surface area contributed by atoms with Crippen molar-refractivity contribution >= 4 is 33.2 Å². The largest absolute Gasteiger partial charge is 0.326 e. The first-order chi connectivity index (χ1) is 11.0. The van der Waals surface area contributed by atoms with Gasteiger partial charge in [-0.2, -0.15) is 0 Å². The molecule has 0 bridgehead atoms. The molecule has 1 fully saturated rings. The second kappa shape index (κ2) is 8.66. The maximum Gasteiger partial charge on any atom is 0.224 e. The normalized spacial score (nSPS) is 16.2. The number of nitrogens with one attached hydrogen (secondary N) is 1. The number of hydrogen-bond donors (Lipinski definition) is 1. The number of hydrogen-bond acceptors (Lipinski definition) is 3. The third kappa shape index (κ3) is 6.12. The molecule has 1 saturated heterocycles. The fourth-order valence-corrected chi connectivity index (χ4v) is 4.46. The van der Waals surface area contributed by atoms with Gasteiger partial charge in [0.2, 0.25) is 15.9 Å². The summed E-state index contributed by atoms with van der Waals surface area (Å²) in [7, 11) is -3.16. The monoisotopic (exact) mass is 358 g/mol. The number of piperidine rings is 1. The number of sulfonamides is 1. The summed E-state index contributed by atoms with van der Waals surface area (Å²) in [6.07, 6.45) is 4.36. The van der Waals surface area contributed by atoms with E-state index in [1.807, 2.05) is 0 Å². The Labute approximate surface area is 143 Å². The van der Waals surface area contributed by atoms with Crippen LogP contribution in [0.5, 0.6) is 0 Å². The van der Waals surface area contributed by atoms with Crippen molar-refractivity contribution < 1.29 is 13.2 Å². The number of carbonyl (C=O) groups excluding carboxylic acids is 1. The SMILES string of the molecule is O=C(CCCCS(=O)(=O)N1CCCCC1)Nc1cccc(Cl)c1. The fourth-order valence-electron chi connectivity index (χ4n) is 2.63. The van der Waals surface area contributed by atoms with E-state index in [2.05, 4.69) is 5.32 Å². The molecule has 1 N–H and O–H groups in total. The lowest BCUT2D eigenvalue weighted by Crippen LogP contribution is -2.37. The Balaban J connectivity index is 1.69. The summed E-state index contributed by atoms with van der Waals surface area (Å²) in [6.45, 7) is 1.27. The maximum absolute atomic E-state index is 12.2. The van der Waals surface area contributed by atoms with E-state index in [4.69, 9.17) is 11.6 Å². The van der Waals surface area contributed by atoms with Gasteiger partial charge in [0.25, 0.3) is 0 Å². The standard InChI is InChI=1S/C16H23ClN2O3S/c17-14-7-6-8-15(13-14)18-16(20)9-2-5-12-23(21,22)19-10-3-1-4-11-19/h6-8,13H,1-5,9-12H2,(H,18,20). The summed E-state index contributed by atoms with van der Waals surface area (Å²) in [5, 5.41) is 3.33. The van der Waals surface area contributed by atoms with Crippen molar-refractivity contribution in [2.45, 2.75) is 38.5 Å². The quantitative estimate of drug-likeness (QED) is 0.761. The van der Waals surface area contributed by atoms with Gasteiger partial charge >= 0.3 is 0 Å². The van der Waals surface area contributed by atoms with E-state index in [1.165, 1.54) is 0 Å². The molecular weight excluding hydrogens is 336 g/mol. The van der Waals surface area contributed by atoms with Gasteiger partial charge in [-0.05, 0) is 43.9 Å². The lowest BCUT2D eigenvalue weighted by Gasteiger charge is -2.25. The van der Waals surface area contributed by atoms with Gasteiger partial charge in [-0.3, -0.25) is 4.79 Å². The Morgan fingerprint density at radius 2 is 1.91 bits per heavy atom. The third-order valence-electron chi connectivity index (χ3n) is 3.87. The minimum absolute atomic E-state index is 0.122. The molecule has 0 saturated carbocycles. The van der Waals surface area contributed by atoms with Crippen LogP contribution in [0.2, 0.25) is 5.02 Å². The van der Waals surface area contributed by atoms with Crippen molar-refractivity contribution in [2.24, 2.45) is 0 Å². The van der Waals surface area contributed by atoms with Gasteiger partial charge in [0.1, 0.15) is 0 Å². The highest BCUT2D eigenvalue weighted by molar-refractivity contribution is 7.89. The van der Waals surface area contributed by atoms with Crippen LogP contribution < -0.4 is 5.32 Å². The van der Waals surface area contributed by atoms with Crippen molar-refractivity contribution in [3.05, 3.63) is 29.3 Å². The highest BCUT2D eigenvalue weighted by Crippen LogP contribution is 2.16. The second-order valence-electron chi connectivity index (χ2n) is 5.79. The Morgan fingerprint density at radius 3 is 2.61 bits per heavy atom. The van der Waals surface area contributed by atoms with Crippen LogP contribution in [0, 0.1) is 0 Å². The van der Waals surface area contributed by atoms with Gasteiger partial charge in [0.15, 0.2) is 0 Å². The lowest BCUT2D eigenvalue weighted by atomic mass is 10.2. The maximum atomic E-state index is 12.2. The molecule has 1 amide bonds. The summed E-state index contributed by atoms with van der Waals surface area (Å²) in [6, 6.07) is 6.96. The van der Waals surface area contributed by atoms with Crippen molar-refractivity contribution in [3.8, 4) is 0 Å². The molecule has 1 aromatic carbocycles. The van der Waals surface area contributed by atoms with E-state index in [1.54, 1.807) is 28.6 Å². The van der Waals surface area contributed by atoms with Crippen LogP contribution in [0.3, 0.4) is 0 Å². The van der Waals surface area contributed by atoms with Crippen LogP contribution in [0.4, 0.5) is 5.69 Å². The second-order valence-corrected chi connectivity index (χ2v) is 8.32. The van der Waals surface area contributed by atoms with Gasteiger partial charge in [-0.25, -0.2) is 12.7 Å². The average molecular weight is 359 g/mol. The predicted molar refractivity (Wildman–Crippen MR) is 93.1 cm³/mol. The van der Waals surface area contributed by atoms with Crippen LogP contribution in [0.25, 0.3) is 0 Å². The molecule has 0 aromatic heterocycles. The Kier molecular flexibility index (Phi) is 6.87. The molecule has 0 spiro atoms. The molecule has 23 heavy (non-hydrogen) atoms. The summed E-state index contributed by atoms with van der Waals surface area (Å²) in [5.74, 6) is -0.0000928. The number of halogens is 1. The summed E-state index contributed by atoms with van der Waals surface area (Å²) in [4.78, 5) is 11.8. The summed E-state index contributed by atoms with van der Waals surface area (Å²) < 4.78 is 25.9. The first-order valence-corrected chi connectivity index (χ1v) is 9.99. The van der Waals surface area contributed by atoms with E-state index < -0.39 is 10.0 Å². The minimum Gasteiger partial charge on any atom is -0.326 e. The number of unbranched alkanes of at least 4 members (excludes halogenated alkanes) is 1. The Bertz CT molecular complexity index is 628. The van der Waals surface area contributed by atoms with Crippen molar-refractivity contribution in [2.75, 3.05) is 24.2 Å². The smallest absolute Gasteiger partial charge is 0.224 e. The van der Waals surface area contributed by atoms with Gasteiger partial charge in [-0.15, -0.1) is 0 Å². The number of nitrogens with zero attached hydrogens (tertiary/aromatic N) is 1. The van der Waals surface area contributed by atoms with Crippen LogP contribution in [-0.4, -0.2) is 37.5 Å². The van der Waals surface area contributed by atoms with Crippen molar-refractivity contribution in [3.63, 3.8) is 0 Å². The minimum atomic E-state index is -3.16. The highest BCUT2D eigenvalue weighted by Gasteiger charge is 2.23. The van der Waals surface area contributed by atoms with E-state index in [-0.39, 0.29) is 11.7 Å². The molecule has 2 rings (SSSR count). The summed E-state index contributed by atoms with van der Waals surface area (Å²) >= 11 is 5.86. The molecule has 1 heterocycles. The van der Waals surface area contributed by atoms with Crippen molar-refractivity contribution in [1.82, 2.24) is 4.31 Å². The van der Waals surface area contributed by atoms with Crippen LogP contribution >= 0.6 is 11.6 Å². The van der Waals surface area contributed by atoms with E-state index >= 15 is 0 Å². The zero-order valence-electron chi connectivity index (χ0n) is 13.1. The molecule has 0 aliphatic carbocycles. The van der Waals surface area contributed by atoms with Crippen LogP contribution in [0.1, 0.15) is 38.5 Å². The first kappa shape index (κ1) is 18.2. The predicted octanol–water partition coefficient (Wildman–Crippen LogP) is 3.26. The molecule has 1 aliphatic rings.